The van der Waals surface area contributed by atoms with Crippen molar-refractivity contribution in [3.05, 3.63) is 71.5 Å². The Morgan fingerprint density at radius 2 is 1.75 bits per heavy atom. The molecule has 0 aromatic heterocycles. The maximum atomic E-state index is 13.5. The molecule has 20 heavy (non-hydrogen) atoms. The average molecular weight is 272 g/mol. The highest BCUT2D eigenvalue weighted by Crippen LogP contribution is 2.08. The van der Waals surface area contributed by atoms with Crippen LogP contribution in [0, 0.1) is 5.82 Å². The summed E-state index contributed by atoms with van der Waals surface area (Å²) >= 11 is 0. The molecule has 3 nitrogen and oxygen atoms in total. The lowest BCUT2D eigenvalue weighted by Gasteiger charge is -2.17. The van der Waals surface area contributed by atoms with Crippen LogP contribution in [0.2, 0.25) is 0 Å². The minimum atomic E-state index is -0.527. The lowest BCUT2D eigenvalue weighted by atomic mass is 10.1. The Morgan fingerprint density at radius 3 is 2.40 bits per heavy atom. The van der Waals surface area contributed by atoms with Crippen LogP contribution >= 0.6 is 0 Å². The van der Waals surface area contributed by atoms with Gasteiger partial charge in [0.05, 0.1) is 5.56 Å². The SMILES string of the molecule is NCC(Cc1ccccc1)NC(=O)c1ccccc1F. The van der Waals surface area contributed by atoms with Crippen molar-refractivity contribution in [1.29, 1.82) is 0 Å². The number of rotatable bonds is 5. The molecule has 0 spiro atoms. The largest absolute Gasteiger partial charge is 0.348 e. The molecule has 0 fully saturated rings. The van der Waals surface area contributed by atoms with Crippen molar-refractivity contribution in [1.82, 2.24) is 5.32 Å². The van der Waals surface area contributed by atoms with Gasteiger partial charge in [0.25, 0.3) is 5.91 Å². The van der Waals surface area contributed by atoms with E-state index in [4.69, 9.17) is 5.73 Å². The summed E-state index contributed by atoms with van der Waals surface area (Å²) in [6.45, 7) is 0.301. The van der Waals surface area contributed by atoms with Gasteiger partial charge in [0.15, 0.2) is 0 Å². The van der Waals surface area contributed by atoms with Crippen LogP contribution < -0.4 is 11.1 Å². The smallest absolute Gasteiger partial charge is 0.254 e. The van der Waals surface area contributed by atoms with E-state index in [9.17, 15) is 9.18 Å². The molecule has 1 unspecified atom stereocenters. The predicted molar refractivity (Wildman–Crippen MR) is 76.9 cm³/mol. The highest BCUT2D eigenvalue weighted by molar-refractivity contribution is 5.94. The first-order chi connectivity index (χ1) is 9.70. The van der Waals surface area contributed by atoms with Gasteiger partial charge >= 0.3 is 0 Å². The van der Waals surface area contributed by atoms with E-state index in [0.29, 0.717) is 13.0 Å². The summed E-state index contributed by atoms with van der Waals surface area (Å²) in [6, 6.07) is 15.4. The molecule has 0 saturated carbocycles. The van der Waals surface area contributed by atoms with Gasteiger partial charge < -0.3 is 11.1 Å². The molecular formula is C16H17FN2O. The lowest BCUT2D eigenvalue weighted by molar-refractivity contribution is 0.0934. The zero-order valence-corrected chi connectivity index (χ0v) is 11.1. The molecule has 2 rings (SSSR count). The number of nitrogens with two attached hydrogens (primary N) is 1. The standard InChI is InChI=1S/C16H17FN2O/c17-15-9-5-4-8-14(15)16(20)19-13(11-18)10-12-6-2-1-3-7-12/h1-9,13H,10-11,18H2,(H,19,20). The van der Waals surface area contributed by atoms with E-state index in [1.165, 1.54) is 12.1 Å². The Kier molecular flexibility index (Phi) is 4.85. The van der Waals surface area contributed by atoms with E-state index in [2.05, 4.69) is 5.32 Å². The van der Waals surface area contributed by atoms with Crippen LogP contribution in [0.1, 0.15) is 15.9 Å². The van der Waals surface area contributed by atoms with Gasteiger partial charge in [-0.3, -0.25) is 4.79 Å². The number of amides is 1. The molecule has 0 aliphatic carbocycles. The monoisotopic (exact) mass is 272 g/mol. The van der Waals surface area contributed by atoms with Gasteiger partial charge in [-0.25, -0.2) is 4.39 Å². The van der Waals surface area contributed by atoms with Crippen molar-refractivity contribution >= 4 is 5.91 Å². The fourth-order valence-electron chi connectivity index (χ4n) is 2.00. The Balaban J connectivity index is 2.03. The maximum absolute atomic E-state index is 13.5. The molecule has 0 aliphatic rings. The third kappa shape index (κ3) is 3.65. The second-order valence-electron chi connectivity index (χ2n) is 4.58. The van der Waals surface area contributed by atoms with Crippen LogP contribution in [-0.4, -0.2) is 18.5 Å². The zero-order valence-electron chi connectivity index (χ0n) is 11.1. The summed E-state index contributed by atoms with van der Waals surface area (Å²) in [5.74, 6) is -0.963. The van der Waals surface area contributed by atoms with Gasteiger partial charge in [-0.15, -0.1) is 0 Å². The first-order valence-corrected chi connectivity index (χ1v) is 6.50. The third-order valence-corrected chi connectivity index (χ3v) is 3.06. The summed E-state index contributed by atoms with van der Waals surface area (Å²) in [7, 11) is 0. The van der Waals surface area contributed by atoms with Crippen LogP contribution in [-0.2, 0) is 6.42 Å². The number of carbonyl (C=O) groups is 1. The van der Waals surface area contributed by atoms with E-state index >= 15 is 0 Å². The normalized spacial score (nSPS) is 11.9. The molecule has 0 heterocycles. The number of nitrogens with one attached hydrogen (secondary N) is 1. The molecule has 3 N–H and O–H groups in total. The molecule has 0 saturated heterocycles. The van der Waals surface area contributed by atoms with Crippen LogP contribution in [0.4, 0.5) is 4.39 Å². The van der Waals surface area contributed by atoms with Gasteiger partial charge in [0.2, 0.25) is 0 Å². The Labute approximate surface area is 117 Å². The first-order valence-electron chi connectivity index (χ1n) is 6.50. The van der Waals surface area contributed by atoms with E-state index in [0.717, 1.165) is 5.56 Å². The number of halogens is 1. The van der Waals surface area contributed by atoms with Gasteiger partial charge in [-0.1, -0.05) is 42.5 Å². The summed E-state index contributed by atoms with van der Waals surface area (Å²) < 4.78 is 13.5. The van der Waals surface area contributed by atoms with Crippen molar-refractivity contribution in [3.8, 4) is 0 Å². The van der Waals surface area contributed by atoms with E-state index in [1.807, 2.05) is 30.3 Å². The lowest BCUT2D eigenvalue weighted by Crippen LogP contribution is -2.42. The quantitative estimate of drug-likeness (QED) is 0.876. The Bertz CT molecular complexity index is 572. The van der Waals surface area contributed by atoms with Crippen molar-refractivity contribution < 1.29 is 9.18 Å². The molecule has 2 aromatic rings. The first kappa shape index (κ1) is 14.2. The fourth-order valence-corrected chi connectivity index (χ4v) is 2.00. The number of hydrogen-bond acceptors (Lipinski definition) is 2. The van der Waals surface area contributed by atoms with Crippen molar-refractivity contribution in [3.63, 3.8) is 0 Å². The second-order valence-corrected chi connectivity index (χ2v) is 4.58. The maximum Gasteiger partial charge on any atom is 0.254 e. The minimum absolute atomic E-state index is 0.0408. The molecule has 104 valence electrons. The molecule has 0 bridgehead atoms. The number of carbonyl (C=O) groups excluding carboxylic acids is 1. The predicted octanol–water partition coefficient (Wildman–Crippen LogP) is 2.13. The number of hydrogen-bond donors (Lipinski definition) is 2. The zero-order chi connectivity index (χ0) is 14.4. The van der Waals surface area contributed by atoms with E-state index in [1.54, 1.807) is 12.1 Å². The highest BCUT2D eigenvalue weighted by Gasteiger charge is 2.15. The molecule has 1 atom stereocenters. The van der Waals surface area contributed by atoms with Gasteiger partial charge in [0, 0.05) is 12.6 Å². The molecule has 1 amide bonds. The molecule has 4 heteroatoms. The van der Waals surface area contributed by atoms with Gasteiger partial charge in [0.1, 0.15) is 5.82 Å². The second kappa shape index (κ2) is 6.82. The Morgan fingerprint density at radius 1 is 1.10 bits per heavy atom. The van der Waals surface area contributed by atoms with Crippen molar-refractivity contribution in [2.75, 3.05) is 6.54 Å². The summed E-state index contributed by atoms with van der Waals surface area (Å²) in [4.78, 5) is 12.0. The fraction of sp³-hybridized carbons (Fsp3) is 0.188. The minimum Gasteiger partial charge on any atom is -0.348 e. The summed E-state index contributed by atoms with van der Waals surface area (Å²) in [5, 5.41) is 2.77. The topological polar surface area (TPSA) is 55.1 Å². The van der Waals surface area contributed by atoms with Crippen LogP contribution in [0.3, 0.4) is 0 Å². The van der Waals surface area contributed by atoms with Crippen molar-refractivity contribution in [2.45, 2.75) is 12.5 Å². The van der Waals surface area contributed by atoms with Crippen LogP contribution in [0.15, 0.2) is 54.6 Å². The van der Waals surface area contributed by atoms with E-state index < -0.39 is 11.7 Å². The van der Waals surface area contributed by atoms with Crippen LogP contribution in [0.5, 0.6) is 0 Å². The van der Waals surface area contributed by atoms with E-state index in [-0.39, 0.29) is 11.6 Å². The molecule has 2 aromatic carbocycles. The summed E-state index contributed by atoms with van der Waals surface area (Å²) in [6.07, 6.45) is 0.623. The van der Waals surface area contributed by atoms with Crippen molar-refractivity contribution in [2.24, 2.45) is 5.73 Å². The Hall–Kier alpha value is -2.20. The summed E-state index contributed by atoms with van der Waals surface area (Å²) in [5.41, 5.74) is 6.80. The van der Waals surface area contributed by atoms with Gasteiger partial charge in [-0.2, -0.15) is 0 Å². The molecular weight excluding hydrogens is 255 g/mol. The third-order valence-electron chi connectivity index (χ3n) is 3.06. The van der Waals surface area contributed by atoms with Crippen LogP contribution in [0.25, 0.3) is 0 Å². The van der Waals surface area contributed by atoms with Gasteiger partial charge in [-0.05, 0) is 24.1 Å². The number of benzene rings is 2. The molecule has 0 radical (unpaired) electrons. The molecule has 0 aliphatic heterocycles. The average Bonchev–Trinajstić information content (AvgIpc) is 2.48. The highest BCUT2D eigenvalue weighted by atomic mass is 19.1.